The Morgan fingerprint density at radius 3 is 2.88 bits per heavy atom. The van der Waals surface area contributed by atoms with Gasteiger partial charge in [0.05, 0.1) is 6.10 Å². The lowest BCUT2D eigenvalue weighted by Crippen LogP contribution is -2.30. The number of ether oxygens (including phenoxy) is 1. The first-order valence-corrected chi connectivity index (χ1v) is 6.49. The van der Waals surface area contributed by atoms with Gasteiger partial charge >= 0.3 is 0 Å². The summed E-state index contributed by atoms with van der Waals surface area (Å²) in [7, 11) is 1.70. The average Bonchev–Trinajstić information content (AvgIpc) is 2.76. The van der Waals surface area contributed by atoms with Gasteiger partial charge in [-0.05, 0) is 37.1 Å². The van der Waals surface area contributed by atoms with E-state index in [2.05, 4.69) is 15.9 Å². The Hall–Kier alpha value is -0.870. The van der Waals surface area contributed by atoms with Crippen LogP contribution >= 0.6 is 15.9 Å². The lowest BCUT2D eigenvalue weighted by molar-refractivity contribution is 0.0723. The first kappa shape index (κ1) is 12.6. The molecule has 4 heteroatoms. The van der Waals surface area contributed by atoms with Crippen molar-refractivity contribution in [1.29, 1.82) is 0 Å². The molecule has 0 radical (unpaired) electrons. The quantitative estimate of drug-likeness (QED) is 0.840. The van der Waals surface area contributed by atoms with Crippen molar-refractivity contribution in [3.63, 3.8) is 0 Å². The second kappa shape index (κ2) is 5.19. The van der Waals surface area contributed by atoms with Crippen molar-refractivity contribution in [2.75, 3.05) is 20.2 Å². The number of halogens is 1. The van der Waals surface area contributed by atoms with E-state index in [1.807, 2.05) is 30.0 Å². The Morgan fingerprint density at radius 1 is 1.53 bits per heavy atom. The van der Waals surface area contributed by atoms with E-state index >= 15 is 0 Å². The molecule has 1 aromatic carbocycles. The number of hydrogen-bond acceptors (Lipinski definition) is 2. The molecule has 1 aromatic rings. The van der Waals surface area contributed by atoms with Crippen LogP contribution in [0.25, 0.3) is 0 Å². The molecule has 0 unspecified atom stereocenters. The number of hydrogen-bond donors (Lipinski definition) is 0. The van der Waals surface area contributed by atoms with Crippen molar-refractivity contribution in [3.05, 3.63) is 33.8 Å². The fraction of sp³-hybridized carbons (Fsp3) is 0.462. The van der Waals surface area contributed by atoms with Gasteiger partial charge in [0.1, 0.15) is 0 Å². The number of nitrogens with zero attached hydrogens (tertiary/aromatic N) is 1. The Morgan fingerprint density at radius 2 is 2.29 bits per heavy atom. The van der Waals surface area contributed by atoms with E-state index < -0.39 is 0 Å². The summed E-state index contributed by atoms with van der Waals surface area (Å²) in [5.74, 6) is 0.106. The van der Waals surface area contributed by atoms with E-state index in [0.29, 0.717) is 6.54 Å². The Kier molecular flexibility index (Phi) is 3.84. The molecule has 0 spiro atoms. The van der Waals surface area contributed by atoms with Crippen LogP contribution in [0, 0.1) is 6.92 Å². The van der Waals surface area contributed by atoms with Crippen molar-refractivity contribution in [2.45, 2.75) is 19.4 Å². The number of rotatable bonds is 2. The van der Waals surface area contributed by atoms with Crippen molar-refractivity contribution in [2.24, 2.45) is 0 Å². The number of aryl methyl sites for hydroxylation is 1. The van der Waals surface area contributed by atoms with E-state index in [9.17, 15) is 4.79 Å². The predicted octanol–water partition coefficient (Wildman–Crippen LogP) is 2.62. The van der Waals surface area contributed by atoms with Crippen LogP contribution in [0.1, 0.15) is 22.3 Å². The summed E-state index contributed by atoms with van der Waals surface area (Å²) in [5, 5.41) is 0. The topological polar surface area (TPSA) is 29.5 Å². The van der Waals surface area contributed by atoms with Crippen molar-refractivity contribution >= 4 is 21.8 Å². The molecule has 0 bridgehead atoms. The predicted molar refractivity (Wildman–Crippen MR) is 70.2 cm³/mol. The molecular weight excluding hydrogens is 282 g/mol. The summed E-state index contributed by atoms with van der Waals surface area (Å²) in [4.78, 5) is 14.2. The van der Waals surface area contributed by atoms with Crippen molar-refractivity contribution < 1.29 is 9.53 Å². The number of methoxy groups -OCH3 is 1. The van der Waals surface area contributed by atoms with Gasteiger partial charge in [-0.3, -0.25) is 4.79 Å². The summed E-state index contributed by atoms with van der Waals surface area (Å²) >= 11 is 3.40. The van der Waals surface area contributed by atoms with Gasteiger partial charge in [0.2, 0.25) is 0 Å². The molecule has 3 nitrogen and oxygen atoms in total. The molecule has 0 saturated carbocycles. The first-order chi connectivity index (χ1) is 8.11. The number of benzene rings is 1. The number of likely N-dealkylation sites (tertiary alicyclic amines) is 1. The van der Waals surface area contributed by atoms with Crippen molar-refractivity contribution in [1.82, 2.24) is 4.90 Å². The second-order valence-corrected chi connectivity index (χ2v) is 5.27. The van der Waals surface area contributed by atoms with E-state index in [1.165, 1.54) is 0 Å². The highest BCUT2D eigenvalue weighted by Gasteiger charge is 2.27. The molecule has 2 rings (SSSR count). The highest BCUT2D eigenvalue weighted by atomic mass is 79.9. The van der Waals surface area contributed by atoms with Crippen molar-refractivity contribution in [3.8, 4) is 0 Å². The van der Waals surface area contributed by atoms with Gasteiger partial charge < -0.3 is 9.64 Å². The van der Waals surface area contributed by atoms with Crippen LogP contribution < -0.4 is 0 Å². The third-order valence-electron chi connectivity index (χ3n) is 3.18. The highest BCUT2D eigenvalue weighted by molar-refractivity contribution is 9.10. The molecule has 0 aromatic heterocycles. The maximum absolute atomic E-state index is 12.3. The Labute approximate surface area is 110 Å². The summed E-state index contributed by atoms with van der Waals surface area (Å²) in [6, 6.07) is 5.75. The van der Waals surface area contributed by atoms with E-state index in [-0.39, 0.29) is 12.0 Å². The smallest absolute Gasteiger partial charge is 0.254 e. The molecule has 92 valence electrons. The van der Waals surface area contributed by atoms with Gasteiger partial charge in [-0.25, -0.2) is 0 Å². The molecular formula is C13H16BrNO2. The van der Waals surface area contributed by atoms with Crippen LogP contribution in [0.2, 0.25) is 0 Å². The fourth-order valence-electron chi connectivity index (χ4n) is 2.14. The van der Waals surface area contributed by atoms with Crippen LogP contribution in [-0.2, 0) is 4.74 Å². The molecule has 1 amide bonds. The van der Waals surface area contributed by atoms with E-state index in [4.69, 9.17) is 4.74 Å². The van der Waals surface area contributed by atoms with Crippen LogP contribution in [0.15, 0.2) is 22.7 Å². The average molecular weight is 298 g/mol. The largest absolute Gasteiger partial charge is 0.380 e. The second-order valence-electron chi connectivity index (χ2n) is 4.36. The summed E-state index contributed by atoms with van der Waals surface area (Å²) < 4.78 is 6.28. The maximum Gasteiger partial charge on any atom is 0.254 e. The Balaban J connectivity index is 2.15. The van der Waals surface area contributed by atoms with E-state index in [0.717, 1.165) is 28.6 Å². The standard InChI is InChI=1S/C13H16BrNO2/c1-9-7-10(14)3-4-12(9)13(16)15-6-5-11(8-15)17-2/h3-4,7,11H,5-6,8H2,1-2H3/t11-/m1/s1. The molecule has 0 N–H and O–H groups in total. The SMILES string of the molecule is CO[C@@H]1CCN(C(=O)c2ccc(Br)cc2C)C1. The molecule has 1 saturated heterocycles. The molecule has 1 heterocycles. The van der Waals surface area contributed by atoms with Gasteiger partial charge in [-0.1, -0.05) is 15.9 Å². The summed E-state index contributed by atoms with van der Waals surface area (Å²) in [6.07, 6.45) is 1.12. The van der Waals surface area contributed by atoms with Crippen LogP contribution in [-0.4, -0.2) is 37.1 Å². The maximum atomic E-state index is 12.3. The minimum Gasteiger partial charge on any atom is -0.380 e. The van der Waals surface area contributed by atoms with Crippen LogP contribution in [0.4, 0.5) is 0 Å². The lowest BCUT2D eigenvalue weighted by Gasteiger charge is -2.17. The van der Waals surface area contributed by atoms with Gasteiger partial charge in [-0.15, -0.1) is 0 Å². The van der Waals surface area contributed by atoms with Gasteiger partial charge in [-0.2, -0.15) is 0 Å². The molecule has 0 aliphatic carbocycles. The lowest BCUT2D eigenvalue weighted by atomic mass is 10.1. The summed E-state index contributed by atoms with van der Waals surface area (Å²) in [6.45, 7) is 3.44. The number of carbonyl (C=O) groups excluding carboxylic acids is 1. The molecule has 1 aliphatic heterocycles. The summed E-state index contributed by atoms with van der Waals surface area (Å²) in [5.41, 5.74) is 1.79. The molecule has 1 aliphatic rings. The Bertz CT molecular complexity index is 433. The number of amides is 1. The van der Waals surface area contributed by atoms with Gasteiger partial charge in [0.15, 0.2) is 0 Å². The van der Waals surface area contributed by atoms with Crippen LogP contribution in [0.3, 0.4) is 0 Å². The van der Waals surface area contributed by atoms with Gasteiger partial charge in [0, 0.05) is 30.2 Å². The third kappa shape index (κ3) is 2.69. The zero-order valence-electron chi connectivity index (χ0n) is 10.1. The normalized spacial score (nSPS) is 19.7. The molecule has 1 atom stereocenters. The third-order valence-corrected chi connectivity index (χ3v) is 3.68. The first-order valence-electron chi connectivity index (χ1n) is 5.70. The minimum atomic E-state index is 0.106. The zero-order valence-corrected chi connectivity index (χ0v) is 11.7. The molecule has 17 heavy (non-hydrogen) atoms. The molecule has 1 fully saturated rings. The zero-order chi connectivity index (χ0) is 12.4. The minimum absolute atomic E-state index is 0.106. The monoisotopic (exact) mass is 297 g/mol. The number of carbonyl (C=O) groups is 1. The highest BCUT2D eigenvalue weighted by Crippen LogP contribution is 2.20. The van der Waals surface area contributed by atoms with E-state index in [1.54, 1.807) is 7.11 Å². The van der Waals surface area contributed by atoms with Gasteiger partial charge in [0.25, 0.3) is 5.91 Å². The fourth-order valence-corrected chi connectivity index (χ4v) is 2.62. The van der Waals surface area contributed by atoms with Crippen LogP contribution in [0.5, 0.6) is 0 Å².